The van der Waals surface area contributed by atoms with Gasteiger partial charge in [-0.2, -0.15) is 0 Å². The Bertz CT molecular complexity index is 911. The molecule has 10 heteroatoms. The summed E-state index contributed by atoms with van der Waals surface area (Å²) < 4.78 is 0. The van der Waals surface area contributed by atoms with Crippen molar-refractivity contribution in [3.05, 3.63) is 55.9 Å². The second kappa shape index (κ2) is 7.57. The van der Waals surface area contributed by atoms with Crippen molar-refractivity contribution in [1.29, 1.82) is 0 Å². The molecule has 128 valence electrons. The van der Waals surface area contributed by atoms with Gasteiger partial charge < -0.3 is 0 Å². The normalized spacial score (nSPS) is 15.5. The molecule has 1 aromatic heterocycles. The summed E-state index contributed by atoms with van der Waals surface area (Å²) in [6, 6.07) is 5.36. The van der Waals surface area contributed by atoms with E-state index in [4.69, 9.17) is 23.2 Å². The fourth-order valence-electron chi connectivity index (χ4n) is 1.98. The van der Waals surface area contributed by atoms with E-state index < -0.39 is 17.1 Å². The lowest BCUT2D eigenvalue weighted by molar-refractivity contribution is -0.116. The molecule has 2 aromatic rings. The smallest absolute Gasteiger partial charge is 0.290 e. The summed E-state index contributed by atoms with van der Waals surface area (Å²) in [4.78, 5) is 39.5. The Balaban J connectivity index is 1.64. The van der Waals surface area contributed by atoms with Crippen LogP contribution in [0.15, 0.2) is 35.4 Å². The molecule has 3 amide bonds. The van der Waals surface area contributed by atoms with Crippen LogP contribution in [-0.4, -0.2) is 22.0 Å². The van der Waals surface area contributed by atoms with Crippen molar-refractivity contribution >= 4 is 68.5 Å². The van der Waals surface area contributed by atoms with E-state index in [1.165, 1.54) is 11.3 Å². The number of halogens is 2. The maximum atomic E-state index is 11.9. The Morgan fingerprint density at radius 3 is 2.76 bits per heavy atom. The number of thiazole rings is 1. The predicted molar refractivity (Wildman–Crippen MR) is 99.2 cm³/mol. The highest BCUT2D eigenvalue weighted by molar-refractivity contribution is 8.18. The van der Waals surface area contributed by atoms with Gasteiger partial charge in [-0.15, -0.1) is 11.3 Å². The minimum atomic E-state index is -0.579. The zero-order valence-electron chi connectivity index (χ0n) is 12.3. The Morgan fingerprint density at radius 1 is 1.28 bits per heavy atom. The molecule has 1 saturated heterocycles. The molecule has 0 unspecified atom stereocenters. The van der Waals surface area contributed by atoms with E-state index in [1.807, 2.05) is 6.07 Å². The maximum Gasteiger partial charge on any atom is 0.290 e. The number of carbonyl (C=O) groups is 3. The summed E-state index contributed by atoms with van der Waals surface area (Å²) in [7, 11) is 0. The predicted octanol–water partition coefficient (Wildman–Crippen LogP) is 3.85. The molecule has 25 heavy (non-hydrogen) atoms. The molecule has 3 rings (SSSR count). The molecule has 1 fully saturated rings. The molecule has 1 aliphatic rings. The van der Waals surface area contributed by atoms with Crippen molar-refractivity contribution in [2.75, 3.05) is 5.32 Å². The number of nitrogens with one attached hydrogen (secondary N) is 2. The second-order valence-electron chi connectivity index (χ2n) is 4.90. The van der Waals surface area contributed by atoms with Crippen molar-refractivity contribution < 1.29 is 14.4 Å². The summed E-state index contributed by atoms with van der Waals surface area (Å²) in [6.45, 7) is 0. The molecule has 0 radical (unpaired) electrons. The summed E-state index contributed by atoms with van der Waals surface area (Å²) in [5, 5.41) is 5.51. The van der Waals surface area contributed by atoms with Gasteiger partial charge in [0.05, 0.1) is 15.0 Å². The fourth-order valence-corrected chi connectivity index (χ4v) is 3.80. The fraction of sp³-hybridized carbons (Fsp3) is 0.0667. The van der Waals surface area contributed by atoms with Gasteiger partial charge in [0.1, 0.15) is 0 Å². The summed E-state index contributed by atoms with van der Waals surface area (Å²) in [5.41, 5.74) is 0.968. The molecule has 1 aromatic carbocycles. The SMILES string of the molecule is O=C(/C=C1/SC(=O)NC1=O)Nc1ncc(Cc2ccc(Cl)c(Cl)c2)s1. The third-order valence-electron chi connectivity index (χ3n) is 3.05. The minimum Gasteiger partial charge on any atom is -0.298 e. The highest BCUT2D eigenvalue weighted by Gasteiger charge is 2.26. The van der Waals surface area contributed by atoms with Crippen LogP contribution in [0.4, 0.5) is 9.93 Å². The summed E-state index contributed by atoms with van der Waals surface area (Å²) >= 11 is 13.9. The van der Waals surface area contributed by atoms with Gasteiger partial charge in [0.25, 0.3) is 17.1 Å². The van der Waals surface area contributed by atoms with Crippen LogP contribution in [0.1, 0.15) is 10.4 Å². The number of nitrogens with zero attached hydrogens (tertiary/aromatic N) is 1. The van der Waals surface area contributed by atoms with Crippen LogP contribution in [0.3, 0.4) is 0 Å². The molecule has 0 saturated carbocycles. The third-order valence-corrected chi connectivity index (χ3v) is 5.51. The Labute approximate surface area is 160 Å². The van der Waals surface area contributed by atoms with E-state index in [-0.39, 0.29) is 4.91 Å². The van der Waals surface area contributed by atoms with Gasteiger partial charge in [0.15, 0.2) is 5.13 Å². The topological polar surface area (TPSA) is 88.2 Å². The molecule has 1 aliphatic heterocycles. The summed E-state index contributed by atoms with van der Waals surface area (Å²) in [5.74, 6) is -1.10. The number of hydrogen-bond acceptors (Lipinski definition) is 6. The van der Waals surface area contributed by atoms with Crippen molar-refractivity contribution in [3.63, 3.8) is 0 Å². The first-order valence-electron chi connectivity index (χ1n) is 6.85. The number of amides is 3. The average molecular weight is 414 g/mol. The third kappa shape index (κ3) is 4.60. The van der Waals surface area contributed by atoms with Crippen molar-refractivity contribution in [2.24, 2.45) is 0 Å². The molecule has 0 bridgehead atoms. The number of hydrogen-bond donors (Lipinski definition) is 2. The van der Waals surface area contributed by atoms with E-state index in [1.54, 1.807) is 18.3 Å². The second-order valence-corrected chi connectivity index (χ2v) is 7.84. The maximum absolute atomic E-state index is 11.9. The number of aromatic nitrogens is 1. The molecule has 0 atom stereocenters. The summed E-state index contributed by atoms with van der Waals surface area (Å²) in [6.07, 6.45) is 3.32. The Kier molecular flexibility index (Phi) is 5.43. The molecule has 0 aliphatic carbocycles. The number of anilines is 1. The first-order valence-corrected chi connectivity index (χ1v) is 9.24. The van der Waals surface area contributed by atoms with Gasteiger partial charge >= 0.3 is 0 Å². The number of imide groups is 1. The van der Waals surface area contributed by atoms with Crippen LogP contribution in [0.25, 0.3) is 0 Å². The largest absolute Gasteiger partial charge is 0.298 e. The standard InChI is InChI=1S/C15H9Cl2N3O3S2/c16-9-2-1-7(4-10(9)17)3-8-6-18-14(24-8)19-12(21)5-11-13(22)20-15(23)25-11/h1-2,4-6H,3H2,(H,18,19,21)(H,20,22,23)/b11-5+. The van der Waals surface area contributed by atoms with Crippen LogP contribution in [0, 0.1) is 0 Å². The zero-order chi connectivity index (χ0) is 18.0. The first-order chi connectivity index (χ1) is 11.9. The molecular formula is C15H9Cl2N3O3S2. The Morgan fingerprint density at radius 2 is 2.08 bits per heavy atom. The van der Waals surface area contributed by atoms with Crippen LogP contribution in [0.2, 0.25) is 10.0 Å². The van der Waals surface area contributed by atoms with Crippen molar-refractivity contribution in [1.82, 2.24) is 10.3 Å². The van der Waals surface area contributed by atoms with E-state index >= 15 is 0 Å². The van der Waals surface area contributed by atoms with Crippen LogP contribution in [-0.2, 0) is 16.0 Å². The van der Waals surface area contributed by atoms with Crippen molar-refractivity contribution in [3.8, 4) is 0 Å². The van der Waals surface area contributed by atoms with E-state index in [2.05, 4.69) is 15.6 Å². The lowest BCUT2D eigenvalue weighted by atomic mass is 10.1. The van der Waals surface area contributed by atoms with Gasteiger partial charge in [-0.1, -0.05) is 29.3 Å². The lowest BCUT2D eigenvalue weighted by Crippen LogP contribution is -2.18. The lowest BCUT2D eigenvalue weighted by Gasteiger charge is -2.01. The highest BCUT2D eigenvalue weighted by Crippen LogP contribution is 2.27. The molecule has 2 N–H and O–H groups in total. The van der Waals surface area contributed by atoms with Crippen LogP contribution < -0.4 is 10.6 Å². The van der Waals surface area contributed by atoms with Crippen LogP contribution in [0.5, 0.6) is 0 Å². The van der Waals surface area contributed by atoms with E-state index in [0.717, 1.165) is 16.5 Å². The minimum absolute atomic E-state index is 0.0510. The van der Waals surface area contributed by atoms with Gasteiger partial charge in [-0.25, -0.2) is 4.98 Å². The molecule has 0 spiro atoms. The zero-order valence-corrected chi connectivity index (χ0v) is 15.5. The van der Waals surface area contributed by atoms with Crippen molar-refractivity contribution in [2.45, 2.75) is 6.42 Å². The number of carbonyl (C=O) groups excluding carboxylic acids is 3. The van der Waals surface area contributed by atoms with E-state index in [0.29, 0.717) is 33.4 Å². The number of benzene rings is 1. The monoisotopic (exact) mass is 413 g/mol. The molecule has 2 heterocycles. The average Bonchev–Trinajstić information content (AvgIpc) is 3.09. The van der Waals surface area contributed by atoms with Gasteiger partial charge in [-0.05, 0) is 29.5 Å². The van der Waals surface area contributed by atoms with Gasteiger partial charge in [-0.3, -0.25) is 25.0 Å². The van der Waals surface area contributed by atoms with E-state index in [9.17, 15) is 14.4 Å². The number of thioether (sulfide) groups is 1. The first kappa shape index (κ1) is 17.9. The molecule has 6 nitrogen and oxygen atoms in total. The Hall–Kier alpha value is -1.87. The number of rotatable bonds is 4. The van der Waals surface area contributed by atoms with Gasteiger partial charge in [0, 0.05) is 23.6 Å². The molecular weight excluding hydrogens is 405 g/mol. The van der Waals surface area contributed by atoms with Crippen LogP contribution >= 0.6 is 46.3 Å². The highest BCUT2D eigenvalue weighted by atomic mass is 35.5. The quantitative estimate of drug-likeness (QED) is 0.743. The van der Waals surface area contributed by atoms with Gasteiger partial charge in [0.2, 0.25) is 0 Å².